The molecular formula is C13H17F2NO2. The molecule has 0 fully saturated rings. The predicted octanol–water partition coefficient (Wildman–Crippen LogP) is 3.11. The van der Waals surface area contributed by atoms with Gasteiger partial charge in [0.05, 0.1) is 12.8 Å². The molecule has 0 radical (unpaired) electrons. The van der Waals surface area contributed by atoms with Gasteiger partial charge in [-0.3, -0.25) is 0 Å². The summed E-state index contributed by atoms with van der Waals surface area (Å²) in [6.07, 6.45) is 2.21. The van der Waals surface area contributed by atoms with Crippen molar-refractivity contribution >= 4 is 11.7 Å². The van der Waals surface area contributed by atoms with Crippen molar-refractivity contribution in [2.24, 2.45) is 0 Å². The SMILES string of the molecule is CCCCC(Nc1cc(F)ccc1F)C(=O)OC. The van der Waals surface area contributed by atoms with Gasteiger partial charge >= 0.3 is 5.97 Å². The molecule has 3 nitrogen and oxygen atoms in total. The van der Waals surface area contributed by atoms with Gasteiger partial charge in [0.1, 0.15) is 17.7 Å². The minimum absolute atomic E-state index is 0.0264. The van der Waals surface area contributed by atoms with Crippen molar-refractivity contribution in [1.82, 2.24) is 0 Å². The van der Waals surface area contributed by atoms with Crippen LogP contribution in [-0.4, -0.2) is 19.1 Å². The highest BCUT2D eigenvalue weighted by molar-refractivity contribution is 5.79. The normalized spacial score (nSPS) is 12.0. The first-order valence-electron chi connectivity index (χ1n) is 5.88. The molecule has 0 bridgehead atoms. The number of carbonyl (C=O) groups excluding carboxylic acids is 1. The highest BCUT2D eigenvalue weighted by Crippen LogP contribution is 2.18. The molecule has 0 heterocycles. The Hall–Kier alpha value is -1.65. The minimum Gasteiger partial charge on any atom is -0.467 e. The van der Waals surface area contributed by atoms with E-state index in [1.807, 2.05) is 6.92 Å². The van der Waals surface area contributed by atoms with E-state index in [0.717, 1.165) is 31.0 Å². The Kier molecular flexibility index (Phi) is 5.55. The van der Waals surface area contributed by atoms with E-state index in [-0.39, 0.29) is 5.69 Å². The molecule has 1 N–H and O–H groups in total. The largest absolute Gasteiger partial charge is 0.467 e. The van der Waals surface area contributed by atoms with E-state index in [2.05, 4.69) is 10.1 Å². The van der Waals surface area contributed by atoms with Crippen LogP contribution in [-0.2, 0) is 9.53 Å². The van der Waals surface area contributed by atoms with E-state index in [4.69, 9.17) is 0 Å². The Labute approximate surface area is 105 Å². The smallest absolute Gasteiger partial charge is 0.328 e. The molecule has 1 unspecified atom stereocenters. The summed E-state index contributed by atoms with van der Waals surface area (Å²) in [6, 6.07) is 2.41. The summed E-state index contributed by atoms with van der Waals surface area (Å²) in [6.45, 7) is 1.98. The standard InChI is InChI=1S/C13H17F2NO2/c1-3-4-5-11(13(17)18-2)16-12-8-9(14)6-7-10(12)15/h6-8,11,16H,3-5H2,1-2H3. The molecule has 0 amide bonds. The summed E-state index contributed by atoms with van der Waals surface area (Å²) < 4.78 is 31.1. The average Bonchev–Trinajstić information content (AvgIpc) is 2.37. The second kappa shape index (κ2) is 6.93. The number of esters is 1. The van der Waals surface area contributed by atoms with Crippen molar-refractivity contribution < 1.29 is 18.3 Å². The Balaban J connectivity index is 2.81. The van der Waals surface area contributed by atoms with Crippen LogP contribution in [0.5, 0.6) is 0 Å². The van der Waals surface area contributed by atoms with Gasteiger partial charge in [-0.25, -0.2) is 13.6 Å². The first-order valence-corrected chi connectivity index (χ1v) is 5.88. The molecule has 0 aliphatic heterocycles. The van der Waals surface area contributed by atoms with Crippen LogP contribution in [0.15, 0.2) is 18.2 Å². The molecule has 0 spiro atoms. The third-order valence-electron chi connectivity index (χ3n) is 2.59. The van der Waals surface area contributed by atoms with E-state index in [1.165, 1.54) is 7.11 Å². The molecule has 18 heavy (non-hydrogen) atoms. The van der Waals surface area contributed by atoms with Crippen LogP contribution >= 0.6 is 0 Å². The zero-order valence-electron chi connectivity index (χ0n) is 10.5. The van der Waals surface area contributed by atoms with Crippen LogP contribution in [0, 0.1) is 11.6 Å². The van der Waals surface area contributed by atoms with Crippen LogP contribution in [0.1, 0.15) is 26.2 Å². The Morgan fingerprint density at radius 2 is 2.17 bits per heavy atom. The van der Waals surface area contributed by atoms with Crippen molar-refractivity contribution in [3.05, 3.63) is 29.8 Å². The first-order chi connectivity index (χ1) is 8.58. The summed E-state index contributed by atoms with van der Waals surface area (Å²) in [5.41, 5.74) is -0.0264. The maximum Gasteiger partial charge on any atom is 0.328 e. The maximum atomic E-state index is 13.4. The number of benzene rings is 1. The molecule has 1 atom stereocenters. The van der Waals surface area contributed by atoms with Crippen molar-refractivity contribution in [3.63, 3.8) is 0 Å². The number of hydrogen-bond donors (Lipinski definition) is 1. The molecular weight excluding hydrogens is 240 g/mol. The Bertz CT molecular complexity index is 410. The fourth-order valence-electron chi connectivity index (χ4n) is 1.60. The number of unbranched alkanes of at least 4 members (excludes halogenated alkanes) is 1. The summed E-state index contributed by atoms with van der Waals surface area (Å²) in [7, 11) is 1.27. The lowest BCUT2D eigenvalue weighted by Crippen LogP contribution is -2.31. The molecule has 1 aromatic rings. The van der Waals surface area contributed by atoms with E-state index >= 15 is 0 Å². The summed E-state index contributed by atoms with van der Waals surface area (Å²) in [5, 5.41) is 2.68. The first kappa shape index (κ1) is 14.4. The number of halogens is 2. The van der Waals surface area contributed by atoms with Gasteiger partial charge in [0.2, 0.25) is 0 Å². The van der Waals surface area contributed by atoms with Crippen LogP contribution in [0.3, 0.4) is 0 Å². The molecule has 0 saturated heterocycles. The van der Waals surface area contributed by atoms with Gasteiger partial charge in [-0.15, -0.1) is 0 Å². The number of rotatable bonds is 6. The molecule has 1 rings (SSSR count). The number of methoxy groups -OCH3 is 1. The molecule has 0 aliphatic rings. The second-order valence-corrected chi connectivity index (χ2v) is 3.99. The van der Waals surface area contributed by atoms with E-state index in [1.54, 1.807) is 0 Å². The van der Waals surface area contributed by atoms with Gasteiger partial charge in [-0.1, -0.05) is 19.8 Å². The van der Waals surface area contributed by atoms with Gasteiger partial charge in [-0.05, 0) is 24.6 Å². The third kappa shape index (κ3) is 3.98. The summed E-state index contributed by atoms with van der Waals surface area (Å²) in [4.78, 5) is 11.5. The quantitative estimate of drug-likeness (QED) is 0.796. The fourth-order valence-corrected chi connectivity index (χ4v) is 1.60. The number of carbonyl (C=O) groups is 1. The van der Waals surface area contributed by atoms with Gasteiger partial charge in [-0.2, -0.15) is 0 Å². The number of ether oxygens (including phenoxy) is 1. The monoisotopic (exact) mass is 257 g/mol. The van der Waals surface area contributed by atoms with Crippen LogP contribution < -0.4 is 5.32 Å². The molecule has 0 saturated carbocycles. The average molecular weight is 257 g/mol. The van der Waals surface area contributed by atoms with Crippen molar-refractivity contribution in [2.75, 3.05) is 12.4 Å². The van der Waals surface area contributed by atoms with Crippen molar-refractivity contribution in [3.8, 4) is 0 Å². The molecule has 0 aliphatic carbocycles. The second-order valence-electron chi connectivity index (χ2n) is 3.99. The van der Waals surface area contributed by atoms with Gasteiger partial charge in [0.25, 0.3) is 0 Å². The summed E-state index contributed by atoms with van der Waals surface area (Å²) >= 11 is 0. The topological polar surface area (TPSA) is 38.3 Å². The number of anilines is 1. The van der Waals surface area contributed by atoms with E-state index < -0.39 is 23.6 Å². The minimum atomic E-state index is -0.661. The third-order valence-corrected chi connectivity index (χ3v) is 2.59. The predicted molar refractivity (Wildman–Crippen MR) is 65.3 cm³/mol. The lowest BCUT2D eigenvalue weighted by molar-refractivity contribution is -0.141. The Morgan fingerprint density at radius 3 is 2.78 bits per heavy atom. The maximum absolute atomic E-state index is 13.4. The van der Waals surface area contributed by atoms with Gasteiger partial charge in [0.15, 0.2) is 0 Å². The zero-order chi connectivity index (χ0) is 13.5. The van der Waals surface area contributed by atoms with E-state index in [0.29, 0.717) is 6.42 Å². The van der Waals surface area contributed by atoms with Gasteiger partial charge in [0, 0.05) is 0 Å². The number of hydrogen-bond acceptors (Lipinski definition) is 3. The molecule has 1 aromatic carbocycles. The summed E-state index contributed by atoms with van der Waals surface area (Å²) in [5.74, 6) is -1.63. The van der Waals surface area contributed by atoms with Crippen molar-refractivity contribution in [1.29, 1.82) is 0 Å². The highest BCUT2D eigenvalue weighted by Gasteiger charge is 2.19. The lowest BCUT2D eigenvalue weighted by atomic mass is 10.1. The van der Waals surface area contributed by atoms with Crippen LogP contribution in [0.25, 0.3) is 0 Å². The Morgan fingerprint density at radius 1 is 1.44 bits per heavy atom. The number of nitrogens with one attached hydrogen (secondary N) is 1. The van der Waals surface area contributed by atoms with Crippen molar-refractivity contribution in [2.45, 2.75) is 32.2 Å². The fraction of sp³-hybridized carbons (Fsp3) is 0.462. The lowest BCUT2D eigenvalue weighted by Gasteiger charge is -2.17. The van der Waals surface area contributed by atoms with Crippen LogP contribution in [0.2, 0.25) is 0 Å². The van der Waals surface area contributed by atoms with Crippen LogP contribution in [0.4, 0.5) is 14.5 Å². The molecule has 0 aromatic heterocycles. The van der Waals surface area contributed by atoms with Gasteiger partial charge < -0.3 is 10.1 Å². The zero-order valence-corrected chi connectivity index (χ0v) is 10.5. The van der Waals surface area contributed by atoms with E-state index in [9.17, 15) is 13.6 Å². The molecule has 100 valence electrons. The highest BCUT2D eigenvalue weighted by atomic mass is 19.1. The molecule has 5 heteroatoms.